The summed E-state index contributed by atoms with van der Waals surface area (Å²) in [6.07, 6.45) is -0.812. The Labute approximate surface area is 148 Å². The lowest BCUT2D eigenvalue weighted by atomic mass is 9.87. The monoisotopic (exact) mass is 349 g/mol. The van der Waals surface area contributed by atoms with E-state index < -0.39 is 18.1 Å². The van der Waals surface area contributed by atoms with Crippen LogP contribution in [0.4, 0.5) is 0 Å². The molecule has 6 nitrogen and oxygen atoms in total. The minimum Gasteiger partial charge on any atom is -0.481 e. The Hall–Kier alpha value is -2.08. The molecule has 25 heavy (non-hydrogen) atoms. The Kier molecular flexibility index (Phi) is 6.06. The second-order valence-corrected chi connectivity index (χ2v) is 7.39. The maximum Gasteiger partial charge on any atom is 0.305 e. The molecule has 2 atom stereocenters. The molecule has 0 bridgehead atoms. The molecule has 1 heterocycles. The molecule has 1 aromatic rings. The van der Waals surface area contributed by atoms with Crippen molar-refractivity contribution in [3.8, 4) is 5.75 Å². The van der Waals surface area contributed by atoms with Gasteiger partial charge in [0.05, 0.1) is 25.7 Å². The third kappa shape index (κ3) is 5.19. The smallest absolute Gasteiger partial charge is 0.305 e. The van der Waals surface area contributed by atoms with Crippen molar-refractivity contribution in [2.75, 3.05) is 19.8 Å². The summed E-state index contributed by atoms with van der Waals surface area (Å²) < 4.78 is 11.1. The molecule has 138 valence electrons. The number of benzene rings is 1. The molecule has 0 radical (unpaired) electrons. The summed E-state index contributed by atoms with van der Waals surface area (Å²) in [4.78, 5) is 25.2. The van der Waals surface area contributed by atoms with Gasteiger partial charge in [0.2, 0.25) is 0 Å². The van der Waals surface area contributed by atoms with Gasteiger partial charge in [0.15, 0.2) is 6.10 Å². The third-order valence-electron chi connectivity index (χ3n) is 4.30. The Morgan fingerprint density at radius 3 is 2.52 bits per heavy atom. The Balaban J connectivity index is 2.02. The summed E-state index contributed by atoms with van der Waals surface area (Å²) in [5.74, 6) is -0.536. The van der Waals surface area contributed by atoms with E-state index in [2.05, 4.69) is 20.8 Å². The van der Waals surface area contributed by atoms with Crippen LogP contribution in [0.3, 0.4) is 0 Å². The summed E-state index contributed by atoms with van der Waals surface area (Å²) in [5.41, 5.74) is 1.24. The fourth-order valence-corrected chi connectivity index (χ4v) is 2.84. The van der Waals surface area contributed by atoms with Crippen molar-refractivity contribution in [2.24, 2.45) is 0 Å². The number of nitrogens with zero attached hydrogens (tertiary/aromatic N) is 1. The van der Waals surface area contributed by atoms with Gasteiger partial charge < -0.3 is 19.5 Å². The van der Waals surface area contributed by atoms with Gasteiger partial charge in [0.1, 0.15) is 5.75 Å². The Morgan fingerprint density at radius 2 is 1.96 bits per heavy atom. The first-order chi connectivity index (χ1) is 11.7. The van der Waals surface area contributed by atoms with Gasteiger partial charge in [-0.3, -0.25) is 9.59 Å². The van der Waals surface area contributed by atoms with Crippen LogP contribution in [0.25, 0.3) is 0 Å². The zero-order chi connectivity index (χ0) is 18.6. The summed E-state index contributed by atoms with van der Waals surface area (Å²) in [5, 5.41) is 9.01. The van der Waals surface area contributed by atoms with Gasteiger partial charge in [-0.25, -0.2) is 0 Å². The van der Waals surface area contributed by atoms with E-state index in [1.165, 1.54) is 5.56 Å². The van der Waals surface area contributed by atoms with Crippen molar-refractivity contribution >= 4 is 11.9 Å². The minimum atomic E-state index is -0.945. The number of hydrogen-bond acceptors (Lipinski definition) is 4. The van der Waals surface area contributed by atoms with Gasteiger partial charge in [0, 0.05) is 6.54 Å². The summed E-state index contributed by atoms with van der Waals surface area (Å²) >= 11 is 0. The first kappa shape index (κ1) is 19.2. The molecule has 0 aromatic heterocycles. The highest BCUT2D eigenvalue weighted by Crippen LogP contribution is 2.25. The van der Waals surface area contributed by atoms with Crippen LogP contribution in [0.15, 0.2) is 24.3 Å². The van der Waals surface area contributed by atoms with Crippen LogP contribution in [-0.2, 0) is 19.7 Å². The number of carboxylic acid groups (broad SMARTS) is 1. The normalized spacial score (nSPS) is 19.4. The number of carboxylic acids is 1. The second-order valence-electron chi connectivity index (χ2n) is 7.39. The van der Waals surface area contributed by atoms with E-state index in [1.54, 1.807) is 11.8 Å². The lowest BCUT2D eigenvalue weighted by Crippen LogP contribution is -2.53. The van der Waals surface area contributed by atoms with E-state index in [9.17, 15) is 9.59 Å². The van der Waals surface area contributed by atoms with E-state index in [4.69, 9.17) is 14.6 Å². The molecule has 1 saturated heterocycles. The van der Waals surface area contributed by atoms with Crippen molar-refractivity contribution in [3.05, 3.63) is 29.8 Å². The highest BCUT2D eigenvalue weighted by molar-refractivity contribution is 5.82. The highest BCUT2D eigenvalue weighted by atomic mass is 16.5. The van der Waals surface area contributed by atoms with E-state index in [1.807, 2.05) is 24.3 Å². The molecule has 0 spiro atoms. The average Bonchev–Trinajstić information content (AvgIpc) is 2.54. The lowest BCUT2D eigenvalue weighted by molar-refractivity contribution is -0.150. The molecule has 1 N–H and O–H groups in total. The molecule has 1 aliphatic heterocycles. The maximum absolute atomic E-state index is 12.7. The molecule has 2 unspecified atom stereocenters. The van der Waals surface area contributed by atoms with Crippen LogP contribution in [0.1, 0.15) is 39.7 Å². The topological polar surface area (TPSA) is 76.1 Å². The minimum absolute atomic E-state index is 0.0534. The van der Waals surface area contributed by atoms with Crippen molar-refractivity contribution < 1.29 is 24.2 Å². The molecule has 1 aromatic carbocycles. The largest absolute Gasteiger partial charge is 0.481 e. The highest BCUT2D eigenvalue weighted by Gasteiger charge is 2.32. The lowest BCUT2D eigenvalue weighted by Gasteiger charge is -2.36. The standard InChI is InChI=1S/C19H27NO5/c1-13(25-16-7-5-14(6-8-16)19(2,3)4)18(23)20-9-10-24-12-15(20)11-17(21)22/h5-8,13,15H,9-12H2,1-4H3,(H,21,22). The molecule has 2 rings (SSSR count). The van der Waals surface area contributed by atoms with Crippen LogP contribution >= 0.6 is 0 Å². The first-order valence-corrected chi connectivity index (χ1v) is 8.55. The number of morpholine rings is 1. The van der Waals surface area contributed by atoms with Crippen molar-refractivity contribution in [1.29, 1.82) is 0 Å². The molecule has 1 aliphatic rings. The van der Waals surface area contributed by atoms with Gasteiger partial charge in [-0.2, -0.15) is 0 Å². The molecular weight excluding hydrogens is 322 g/mol. The van der Waals surface area contributed by atoms with Crippen molar-refractivity contribution in [3.63, 3.8) is 0 Å². The van der Waals surface area contributed by atoms with Crippen LogP contribution < -0.4 is 4.74 Å². The van der Waals surface area contributed by atoms with Crippen LogP contribution in [-0.4, -0.2) is 53.8 Å². The second kappa shape index (κ2) is 7.87. The van der Waals surface area contributed by atoms with E-state index in [-0.39, 0.29) is 24.3 Å². The number of carbonyl (C=O) groups is 2. The number of amides is 1. The molecule has 1 amide bonds. The molecule has 6 heteroatoms. The molecular formula is C19H27NO5. The number of hydrogen-bond donors (Lipinski definition) is 1. The van der Waals surface area contributed by atoms with Crippen LogP contribution in [0.5, 0.6) is 5.75 Å². The van der Waals surface area contributed by atoms with E-state index in [0.717, 1.165) is 0 Å². The van der Waals surface area contributed by atoms with Gasteiger partial charge in [-0.1, -0.05) is 32.9 Å². The van der Waals surface area contributed by atoms with Gasteiger partial charge >= 0.3 is 5.97 Å². The maximum atomic E-state index is 12.7. The van der Waals surface area contributed by atoms with Crippen molar-refractivity contribution in [1.82, 2.24) is 4.90 Å². The first-order valence-electron chi connectivity index (χ1n) is 8.55. The SMILES string of the molecule is CC(Oc1ccc(C(C)(C)C)cc1)C(=O)N1CCOCC1CC(=O)O. The average molecular weight is 349 g/mol. The zero-order valence-corrected chi connectivity index (χ0v) is 15.3. The molecule has 0 aliphatic carbocycles. The van der Waals surface area contributed by atoms with Crippen molar-refractivity contribution in [2.45, 2.75) is 51.7 Å². The van der Waals surface area contributed by atoms with Gasteiger partial charge in [-0.15, -0.1) is 0 Å². The quantitative estimate of drug-likeness (QED) is 0.884. The van der Waals surface area contributed by atoms with Gasteiger partial charge in [0.25, 0.3) is 5.91 Å². The number of aliphatic carboxylic acids is 1. The molecule has 0 saturated carbocycles. The zero-order valence-electron chi connectivity index (χ0n) is 15.3. The van der Waals surface area contributed by atoms with Crippen LogP contribution in [0, 0.1) is 0 Å². The fourth-order valence-electron chi connectivity index (χ4n) is 2.84. The third-order valence-corrected chi connectivity index (χ3v) is 4.30. The fraction of sp³-hybridized carbons (Fsp3) is 0.579. The Bertz CT molecular complexity index is 605. The van der Waals surface area contributed by atoms with E-state index >= 15 is 0 Å². The van der Waals surface area contributed by atoms with Crippen LogP contribution in [0.2, 0.25) is 0 Å². The Morgan fingerprint density at radius 1 is 1.32 bits per heavy atom. The number of rotatable bonds is 5. The van der Waals surface area contributed by atoms with Gasteiger partial charge in [-0.05, 0) is 30.0 Å². The summed E-state index contributed by atoms with van der Waals surface area (Å²) in [6.45, 7) is 9.13. The molecule has 1 fully saturated rings. The predicted octanol–water partition coefficient (Wildman–Crippen LogP) is 2.45. The summed E-state index contributed by atoms with van der Waals surface area (Å²) in [7, 11) is 0. The van der Waals surface area contributed by atoms with E-state index in [0.29, 0.717) is 18.9 Å². The predicted molar refractivity (Wildman–Crippen MR) is 93.8 cm³/mol. The number of carbonyl (C=O) groups excluding carboxylic acids is 1. The number of ether oxygens (including phenoxy) is 2. The summed E-state index contributed by atoms with van der Waals surface area (Å²) in [6, 6.07) is 7.26.